The number of hydrogen-bond donors (Lipinski definition) is 0. The molecule has 0 saturated carbocycles. The standard InChI is InChI=1S/C19H22N4O3/c1-14(24)16-5-3-6-17(13-16)26-15(2)18(25)22-9-11-23(12-10-22)19-20-7-4-8-21-19/h3-8,13,15H,9-12H2,1-2H3. The van der Waals surface area contributed by atoms with Crippen molar-refractivity contribution in [3.05, 3.63) is 48.3 Å². The van der Waals surface area contributed by atoms with E-state index in [1.807, 2.05) is 0 Å². The molecule has 2 aromatic rings. The first-order valence-electron chi connectivity index (χ1n) is 8.63. The zero-order chi connectivity index (χ0) is 18.5. The Labute approximate surface area is 152 Å². The van der Waals surface area contributed by atoms with Gasteiger partial charge in [-0.2, -0.15) is 0 Å². The van der Waals surface area contributed by atoms with Gasteiger partial charge in [-0.1, -0.05) is 12.1 Å². The number of aromatic nitrogens is 2. The summed E-state index contributed by atoms with van der Waals surface area (Å²) >= 11 is 0. The second-order valence-electron chi connectivity index (χ2n) is 6.21. The van der Waals surface area contributed by atoms with Gasteiger partial charge in [-0.3, -0.25) is 9.59 Å². The Morgan fingerprint density at radius 2 is 1.77 bits per heavy atom. The number of anilines is 1. The molecule has 1 amide bonds. The van der Waals surface area contributed by atoms with Gasteiger partial charge in [-0.25, -0.2) is 9.97 Å². The van der Waals surface area contributed by atoms with Crippen LogP contribution in [0.4, 0.5) is 5.95 Å². The summed E-state index contributed by atoms with van der Waals surface area (Å²) in [6.07, 6.45) is 2.81. The van der Waals surface area contributed by atoms with Crippen molar-refractivity contribution in [3.63, 3.8) is 0 Å². The number of piperazine rings is 1. The highest BCUT2D eigenvalue weighted by Crippen LogP contribution is 2.17. The Balaban J connectivity index is 1.56. The number of hydrogen-bond acceptors (Lipinski definition) is 6. The van der Waals surface area contributed by atoms with E-state index >= 15 is 0 Å². The molecule has 1 aliphatic heterocycles. The van der Waals surface area contributed by atoms with E-state index in [-0.39, 0.29) is 11.7 Å². The molecule has 0 aliphatic carbocycles. The maximum Gasteiger partial charge on any atom is 0.263 e. The lowest BCUT2D eigenvalue weighted by molar-refractivity contribution is -0.138. The lowest BCUT2D eigenvalue weighted by Crippen LogP contribution is -2.52. The van der Waals surface area contributed by atoms with Gasteiger partial charge in [0.15, 0.2) is 11.9 Å². The topological polar surface area (TPSA) is 75.6 Å². The minimum Gasteiger partial charge on any atom is -0.481 e. The zero-order valence-corrected chi connectivity index (χ0v) is 15.0. The highest BCUT2D eigenvalue weighted by Gasteiger charge is 2.26. The molecule has 1 aromatic carbocycles. The molecule has 1 unspecified atom stereocenters. The van der Waals surface area contributed by atoms with Crippen LogP contribution in [0, 0.1) is 0 Å². The second kappa shape index (κ2) is 7.95. The maximum absolute atomic E-state index is 12.6. The fourth-order valence-electron chi connectivity index (χ4n) is 2.88. The summed E-state index contributed by atoms with van der Waals surface area (Å²) in [5.74, 6) is 1.11. The Morgan fingerprint density at radius 3 is 2.42 bits per heavy atom. The Bertz CT molecular complexity index is 773. The van der Waals surface area contributed by atoms with E-state index < -0.39 is 6.10 Å². The van der Waals surface area contributed by atoms with Crippen LogP contribution in [0.2, 0.25) is 0 Å². The molecule has 1 fully saturated rings. The molecule has 136 valence electrons. The molecule has 26 heavy (non-hydrogen) atoms. The number of benzene rings is 1. The maximum atomic E-state index is 12.6. The van der Waals surface area contributed by atoms with Gasteiger partial charge in [0.2, 0.25) is 5.95 Å². The van der Waals surface area contributed by atoms with Crippen LogP contribution in [0.3, 0.4) is 0 Å². The normalized spacial score (nSPS) is 15.5. The number of nitrogens with zero attached hydrogens (tertiary/aromatic N) is 4. The summed E-state index contributed by atoms with van der Waals surface area (Å²) in [4.78, 5) is 36.5. The van der Waals surface area contributed by atoms with E-state index in [1.54, 1.807) is 54.5 Å². The average Bonchev–Trinajstić information content (AvgIpc) is 2.68. The summed E-state index contributed by atoms with van der Waals surface area (Å²) in [5.41, 5.74) is 0.568. The van der Waals surface area contributed by atoms with Crippen LogP contribution in [0.15, 0.2) is 42.7 Å². The van der Waals surface area contributed by atoms with Crippen molar-refractivity contribution in [1.82, 2.24) is 14.9 Å². The first-order chi connectivity index (χ1) is 12.5. The van der Waals surface area contributed by atoms with E-state index in [0.717, 1.165) is 0 Å². The van der Waals surface area contributed by atoms with Gasteiger partial charge in [0.25, 0.3) is 5.91 Å². The Kier molecular flexibility index (Phi) is 5.46. The van der Waals surface area contributed by atoms with E-state index in [4.69, 9.17) is 4.74 Å². The van der Waals surface area contributed by atoms with Crippen LogP contribution in [0.1, 0.15) is 24.2 Å². The van der Waals surface area contributed by atoms with Gasteiger partial charge in [0.1, 0.15) is 5.75 Å². The SMILES string of the molecule is CC(=O)c1cccc(OC(C)C(=O)N2CCN(c3ncccn3)CC2)c1. The number of Topliss-reactive ketones (excluding diaryl/α,β-unsaturated/α-hetero) is 1. The molecule has 1 aliphatic rings. The largest absolute Gasteiger partial charge is 0.481 e. The average molecular weight is 354 g/mol. The van der Waals surface area contributed by atoms with Crippen LogP contribution in [0.5, 0.6) is 5.75 Å². The number of carbonyl (C=O) groups excluding carboxylic acids is 2. The van der Waals surface area contributed by atoms with Crippen molar-refractivity contribution in [3.8, 4) is 5.75 Å². The summed E-state index contributed by atoms with van der Waals surface area (Å²) in [6.45, 7) is 5.79. The molecule has 7 heteroatoms. The first kappa shape index (κ1) is 17.8. The van der Waals surface area contributed by atoms with Gasteiger partial charge >= 0.3 is 0 Å². The van der Waals surface area contributed by atoms with E-state index in [1.165, 1.54) is 6.92 Å². The molecular weight excluding hydrogens is 332 g/mol. The number of rotatable bonds is 5. The summed E-state index contributed by atoms with van der Waals surface area (Å²) in [7, 11) is 0. The number of ketones is 1. The zero-order valence-electron chi connectivity index (χ0n) is 15.0. The molecule has 0 N–H and O–H groups in total. The summed E-state index contributed by atoms with van der Waals surface area (Å²) in [6, 6.07) is 8.68. The molecule has 1 aromatic heterocycles. The third-order valence-corrected chi connectivity index (χ3v) is 4.33. The van der Waals surface area contributed by atoms with E-state index in [0.29, 0.717) is 43.4 Å². The predicted octanol–water partition coefficient (Wildman–Crippen LogP) is 1.80. The number of ether oxygens (including phenoxy) is 1. The predicted molar refractivity (Wildman–Crippen MR) is 97.4 cm³/mol. The fourth-order valence-corrected chi connectivity index (χ4v) is 2.88. The molecule has 0 radical (unpaired) electrons. The second-order valence-corrected chi connectivity index (χ2v) is 6.21. The van der Waals surface area contributed by atoms with Gasteiger partial charge in [-0.05, 0) is 32.0 Å². The monoisotopic (exact) mass is 354 g/mol. The van der Waals surface area contributed by atoms with Gasteiger partial charge in [-0.15, -0.1) is 0 Å². The molecule has 1 atom stereocenters. The third-order valence-electron chi connectivity index (χ3n) is 4.33. The minimum atomic E-state index is -0.614. The van der Waals surface area contributed by atoms with Crippen molar-refractivity contribution in [2.45, 2.75) is 20.0 Å². The van der Waals surface area contributed by atoms with Crippen molar-refractivity contribution in [2.24, 2.45) is 0 Å². The van der Waals surface area contributed by atoms with Crippen LogP contribution >= 0.6 is 0 Å². The quantitative estimate of drug-likeness (QED) is 0.762. The molecule has 7 nitrogen and oxygen atoms in total. The van der Waals surface area contributed by atoms with E-state index in [2.05, 4.69) is 14.9 Å². The number of carbonyl (C=O) groups is 2. The lowest BCUT2D eigenvalue weighted by Gasteiger charge is -2.35. The molecule has 1 saturated heterocycles. The van der Waals surface area contributed by atoms with Gasteiger partial charge in [0.05, 0.1) is 0 Å². The Hall–Kier alpha value is -2.96. The van der Waals surface area contributed by atoms with Crippen LogP contribution in [-0.2, 0) is 4.79 Å². The minimum absolute atomic E-state index is 0.0336. The molecule has 3 rings (SSSR count). The van der Waals surface area contributed by atoms with Crippen molar-refractivity contribution >= 4 is 17.6 Å². The lowest BCUT2D eigenvalue weighted by atomic mass is 10.1. The van der Waals surface area contributed by atoms with E-state index in [9.17, 15) is 9.59 Å². The molecule has 0 bridgehead atoms. The Morgan fingerprint density at radius 1 is 1.08 bits per heavy atom. The first-order valence-corrected chi connectivity index (χ1v) is 8.63. The number of amides is 1. The van der Waals surface area contributed by atoms with Crippen molar-refractivity contribution in [1.29, 1.82) is 0 Å². The molecule has 0 spiro atoms. The highest BCUT2D eigenvalue weighted by molar-refractivity contribution is 5.94. The van der Waals surface area contributed by atoms with Gasteiger partial charge in [0, 0.05) is 44.1 Å². The molecule has 2 heterocycles. The third kappa shape index (κ3) is 4.17. The van der Waals surface area contributed by atoms with Crippen LogP contribution in [0.25, 0.3) is 0 Å². The van der Waals surface area contributed by atoms with Crippen molar-refractivity contribution in [2.75, 3.05) is 31.1 Å². The summed E-state index contributed by atoms with van der Waals surface area (Å²) < 4.78 is 5.75. The van der Waals surface area contributed by atoms with Crippen LogP contribution < -0.4 is 9.64 Å². The smallest absolute Gasteiger partial charge is 0.263 e. The van der Waals surface area contributed by atoms with Gasteiger partial charge < -0.3 is 14.5 Å². The highest BCUT2D eigenvalue weighted by atomic mass is 16.5. The fraction of sp³-hybridized carbons (Fsp3) is 0.368. The molecular formula is C19H22N4O3. The van der Waals surface area contributed by atoms with Crippen molar-refractivity contribution < 1.29 is 14.3 Å². The summed E-state index contributed by atoms with van der Waals surface area (Å²) in [5, 5.41) is 0. The van der Waals surface area contributed by atoms with Crippen LogP contribution in [-0.4, -0.2) is 58.8 Å².